The first-order valence-corrected chi connectivity index (χ1v) is 6.94. The van der Waals surface area contributed by atoms with Crippen molar-refractivity contribution in [3.63, 3.8) is 0 Å². The summed E-state index contributed by atoms with van der Waals surface area (Å²) in [6, 6.07) is 1.57. The van der Waals surface area contributed by atoms with Crippen LogP contribution in [0.15, 0.2) is 0 Å². The van der Waals surface area contributed by atoms with Crippen molar-refractivity contribution >= 4 is 0 Å². The first kappa shape index (κ1) is 13.3. The Balaban J connectivity index is 1.54. The third-order valence-electron chi connectivity index (χ3n) is 3.67. The van der Waals surface area contributed by atoms with Gasteiger partial charge in [0.2, 0.25) is 0 Å². The van der Waals surface area contributed by atoms with E-state index in [0.29, 0.717) is 6.61 Å². The van der Waals surface area contributed by atoms with Gasteiger partial charge in [0, 0.05) is 32.3 Å². The molecule has 0 amide bonds. The van der Waals surface area contributed by atoms with Crippen LogP contribution in [0.4, 0.5) is 0 Å². The normalized spacial score (nSPS) is 25.6. The minimum atomic E-state index is 0.701. The molecule has 1 unspecified atom stereocenters. The molecule has 4 heteroatoms. The average Bonchev–Trinajstić information content (AvgIpc) is 3.06. The zero-order valence-electron chi connectivity index (χ0n) is 11.0. The zero-order valence-corrected chi connectivity index (χ0v) is 11.0. The Kier molecular flexibility index (Phi) is 5.71. The second-order valence-corrected chi connectivity index (χ2v) is 5.12. The second-order valence-electron chi connectivity index (χ2n) is 5.12. The summed E-state index contributed by atoms with van der Waals surface area (Å²) in [4.78, 5) is 2.57. The summed E-state index contributed by atoms with van der Waals surface area (Å²) in [6.45, 7) is 5.74. The van der Waals surface area contributed by atoms with Crippen LogP contribution in [-0.2, 0) is 9.47 Å². The van der Waals surface area contributed by atoms with Crippen molar-refractivity contribution in [2.75, 3.05) is 46.6 Å². The Labute approximate surface area is 105 Å². The van der Waals surface area contributed by atoms with E-state index in [-0.39, 0.29) is 0 Å². The highest BCUT2D eigenvalue weighted by atomic mass is 16.5. The number of nitrogens with one attached hydrogen (secondary N) is 1. The van der Waals surface area contributed by atoms with Crippen LogP contribution >= 0.6 is 0 Å². The molecule has 0 aromatic carbocycles. The minimum Gasteiger partial charge on any atom is -0.382 e. The minimum absolute atomic E-state index is 0.701. The Bertz CT molecular complexity index is 210. The number of rotatable bonds is 9. The van der Waals surface area contributed by atoms with Crippen LogP contribution in [0.5, 0.6) is 0 Å². The summed E-state index contributed by atoms with van der Waals surface area (Å²) < 4.78 is 10.5. The molecule has 1 aliphatic carbocycles. The average molecular weight is 242 g/mol. The van der Waals surface area contributed by atoms with Crippen LogP contribution in [-0.4, -0.2) is 63.5 Å². The van der Waals surface area contributed by atoms with Gasteiger partial charge < -0.3 is 14.8 Å². The largest absolute Gasteiger partial charge is 0.382 e. The molecule has 1 atom stereocenters. The zero-order chi connectivity index (χ0) is 11.9. The number of methoxy groups -OCH3 is 1. The molecule has 0 bridgehead atoms. The topological polar surface area (TPSA) is 33.7 Å². The third-order valence-corrected chi connectivity index (χ3v) is 3.67. The van der Waals surface area contributed by atoms with E-state index in [2.05, 4.69) is 10.2 Å². The molecule has 2 aliphatic rings. The van der Waals surface area contributed by atoms with Gasteiger partial charge in [-0.05, 0) is 32.2 Å². The summed E-state index contributed by atoms with van der Waals surface area (Å²) in [5.41, 5.74) is 0. The highest BCUT2D eigenvalue weighted by Crippen LogP contribution is 2.21. The van der Waals surface area contributed by atoms with Crippen molar-refractivity contribution in [2.45, 2.75) is 37.8 Å². The molecule has 1 N–H and O–H groups in total. The standard InChI is InChI=1S/C13H26N2O2/c1-16-9-10-17-8-7-15-6-2-3-13(15)11-14-12-4-5-12/h12-14H,2-11H2,1H3. The summed E-state index contributed by atoms with van der Waals surface area (Å²) in [5, 5.41) is 3.64. The van der Waals surface area contributed by atoms with Crippen molar-refractivity contribution in [3.8, 4) is 0 Å². The first-order chi connectivity index (χ1) is 8.40. The Morgan fingerprint density at radius 2 is 2.06 bits per heavy atom. The smallest absolute Gasteiger partial charge is 0.0700 e. The fraction of sp³-hybridized carbons (Fsp3) is 1.00. The van der Waals surface area contributed by atoms with Crippen molar-refractivity contribution in [2.24, 2.45) is 0 Å². The predicted octanol–water partition coefficient (Wildman–Crippen LogP) is 0.866. The molecule has 1 heterocycles. The molecule has 1 saturated heterocycles. The molecule has 0 spiro atoms. The molecular weight excluding hydrogens is 216 g/mol. The van der Waals surface area contributed by atoms with Gasteiger partial charge in [0.25, 0.3) is 0 Å². The van der Waals surface area contributed by atoms with E-state index in [9.17, 15) is 0 Å². The fourth-order valence-corrected chi connectivity index (χ4v) is 2.44. The molecule has 1 saturated carbocycles. The Hall–Kier alpha value is -0.160. The molecule has 100 valence electrons. The first-order valence-electron chi connectivity index (χ1n) is 6.94. The van der Waals surface area contributed by atoms with Crippen LogP contribution in [0.3, 0.4) is 0 Å². The Morgan fingerprint density at radius 3 is 2.82 bits per heavy atom. The molecular formula is C13H26N2O2. The summed E-state index contributed by atoms with van der Waals surface area (Å²) in [6.07, 6.45) is 5.45. The molecule has 2 rings (SSSR count). The second kappa shape index (κ2) is 7.31. The monoisotopic (exact) mass is 242 g/mol. The lowest BCUT2D eigenvalue weighted by molar-refractivity contribution is 0.0552. The lowest BCUT2D eigenvalue weighted by atomic mass is 10.2. The number of likely N-dealkylation sites (tertiary alicyclic amines) is 1. The van der Waals surface area contributed by atoms with Gasteiger partial charge in [-0.1, -0.05) is 0 Å². The molecule has 4 nitrogen and oxygen atoms in total. The predicted molar refractivity (Wildman–Crippen MR) is 68.3 cm³/mol. The molecule has 2 fully saturated rings. The number of nitrogens with zero attached hydrogens (tertiary/aromatic N) is 1. The maximum Gasteiger partial charge on any atom is 0.0700 e. The summed E-state index contributed by atoms with van der Waals surface area (Å²) >= 11 is 0. The SMILES string of the molecule is COCCOCCN1CCCC1CNC1CC1. The van der Waals surface area contributed by atoms with Gasteiger partial charge in [-0.25, -0.2) is 0 Å². The highest BCUT2D eigenvalue weighted by molar-refractivity contribution is 4.86. The van der Waals surface area contributed by atoms with Gasteiger partial charge in [-0.2, -0.15) is 0 Å². The van der Waals surface area contributed by atoms with Crippen LogP contribution in [0.2, 0.25) is 0 Å². The van der Waals surface area contributed by atoms with Crippen molar-refractivity contribution in [3.05, 3.63) is 0 Å². The maximum atomic E-state index is 5.54. The van der Waals surface area contributed by atoms with Crippen LogP contribution in [0, 0.1) is 0 Å². The van der Waals surface area contributed by atoms with Crippen LogP contribution < -0.4 is 5.32 Å². The number of hydrogen-bond donors (Lipinski definition) is 1. The molecule has 0 aromatic rings. The van der Waals surface area contributed by atoms with Gasteiger partial charge in [0.1, 0.15) is 0 Å². The molecule has 0 aromatic heterocycles. The molecule has 17 heavy (non-hydrogen) atoms. The lowest BCUT2D eigenvalue weighted by Gasteiger charge is -2.24. The third kappa shape index (κ3) is 4.92. The Morgan fingerprint density at radius 1 is 1.18 bits per heavy atom. The van der Waals surface area contributed by atoms with Crippen LogP contribution in [0.25, 0.3) is 0 Å². The van der Waals surface area contributed by atoms with E-state index in [1.165, 1.54) is 38.8 Å². The van der Waals surface area contributed by atoms with E-state index >= 15 is 0 Å². The quantitative estimate of drug-likeness (QED) is 0.608. The van der Waals surface area contributed by atoms with E-state index in [4.69, 9.17) is 9.47 Å². The van der Waals surface area contributed by atoms with Crippen molar-refractivity contribution in [1.29, 1.82) is 0 Å². The van der Waals surface area contributed by atoms with Gasteiger partial charge in [-0.15, -0.1) is 0 Å². The van der Waals surface area contributed by atoms with Gasteiger partial charge in [0.05, 0.1) is 19.8 Å². The highest BCUT2D eigenvalue weighted by Gasteiger charge is 2.27. The van der Waals surface area contributed by atoms with E-state index in [1.54, 1.807) is 7.11 Å². The van der Waals surface area contributed by atoms with E-state index < -0.39 is 0 Å². The van der Waals surface area contributed by atoms with Crippen LogP contribution in [0.1, 0.15) is 25.7 Å². The number of ether oxygens (including phenoxy) is 2. The summed E-state index contributed by atoms with van der Waals surface area (Å²) in [7, 11) is 1.71. The molecule has 1 aliphatic heterocycles. The number of hydrogen-bond acceptors (Lipinski definition) is 4. The lowest BCUT2D eigenvalue weighted by Crippen LogP contribution is -2.40. The van der Waals surface area contributed by atoms with Crippen molar-refractivity contribution < 1.29 is 9.47 Å². The van der Waals surface area contributed by atoms with Crippen molar-refractivity contribution in [1.82, 2.24) is 10.2 Å². The molecule has 0 radical (unpaired) electrons. The van der Waals surface area contributed by atoms with E-state index in [0.717, 1.165) is 31.8 Å². The summed E-state index contributed by atoms with van der Waals surface area (Å²) in [5.74, 6) is 0. The van der Waals surface area contributed by atoms with E-state index in [1.807, 2.05) is 0 Å². The fourth-order valence-electron chi connectivity index (χ4n) is 2.44. The maximum absolute atomic E-state index is 5.54. The van der Waals surface area contributed by atoms with Gasteiger partial charge in [-0.3, -0.25) is 4.90 Å². The van der Waals surface area contributed by atoms with Gasteiger partial charge in [0.15, 0.2) is 0 Å². The van der Waals surface area contributed by atoms with Gasteiger partial charge >= 0.3 is 0 Å².